The lowest BCUT2D eigenvalue weighted by Gasteiger charge is -2.34. The van der Waals surface area contributed by atoms with Gasteiger partial charge in [-0.2, -0.15) is 4.31 Å². The largest absolute Gasteiger partial charge is 0.452 e. The summed E-state index contributed by atoms with van der Waals surface area (Å²) in [5.74, 6) is -0.899. The molecule has 1 heterocycles. The quantitative estimate of drug-likeness (QED) is 0.567. The minimum atomic E-state index is -3.60. The molecule has 1 amide bonds. The summed E-state index contributed by atoms with van der Waals surface area (Å²) >= 11 is 0. The van der Waals surface area contributed by atoms with Crippen LogP contribution in [0.5, 0.6) is 0 Å². The van der Waals surface area contributed by atoms with Gasteiger partial charge in [-0.25, -0.2) is 13.2 Å². The summed E-state index contributed by atoms with van der Waals surface area (Å²) < 4.78 is 32.0. The summed E-state index contributed by atoms with van der Waals surface area (Å²) in [4.78, 5) is 25.2. The second-order valence-electron chi connectivity index (χ2n) is 6.16. The number of carbonyl (C=O) groups excluding carboxylic acids is 2. The minimum Gasteiger partial charge on any atom is -0.452 e. The highest BCUT2D eigenvalue weighted by atomic mass is 32.2. The predicted octanol–water partition coefficient (Wildman–Crippen LogP) is 1.26. The molecule has 0 spiro atoms. The average Bonchev–Trinajstić information content (AvgIpc) is 2.62. The molecule has 1 saturated heterocycles. The molecule has 7 nitrogen and oxygen atoms in total. The van der Waals surface area contributed by atoms with Gasteiger partial charge in [0.15, 0.2) is 6.61 Å². The van der Waals surface area contributed by atoms with Crippen molar-refractivity contribution >= 4 is 21.9 Å². The van der Waals surface area contributed by atoms with E-state index in [0.717, 1.165) is 5.56 Å². The lowest BCUT2D eigenvalue weighted by atomic mass is 10.2. The van der Waals surface area contributed by atoms with Gasteiger partial charge < -0.3 is 9.64 Å². The average molecular weight is 380 g/mol. The van der Waals surface area contributed by atoms with E-state index in [2.05, 4.69) is 0 Å². The molecule has 1 aliphatic rings. The Morgan fingerprint density at radius 2 is 1.81 bits per heavy atom. The van der Waals surface area contributed by atoms with Crippen LogP contribution in [-0.4, -0.2) is 62.3 Å². The number of aryl methyl sites for hydroxylation is 2. The molecule has 1 aromatic carbocycles. The van der Waals surface area contributed by atoms with Gasteiger partial charge in [0.25, 0.3) is 5.91 Å². The van der Waals surface area contributed by atoms with Gasteiger partial charge in [-0.3, -0.25) is 4.79 Å². The molecule has 0 atom stereocenters. The van der Waals surface area contributed by atoms with Crippen molar-refractivity contribution in [1.29, 1.82) is 0 Å². The number of rotatable bonds is 5. The van der Waals surface area contributed by atoms with Gasteiger partial charge in [0.1, 0.15) is 0 Å². The van der Waals surface area contributed by atoms with Crippen LogP contribution < -0.4 is 0 Å². The Labute approximate surface area is 154 Å². The molecule has 0 saturated carbocycles. The lowest BCUT2D eigenvalue weighted by Crippen LogP contribution is -2.51. The first-order chi connectivity index (χ1) is 12.3. The first-order valence-electron chi connectivity index (χ1n) is 8.40. The third-order valence-electron chi connectivity index (χ3n) is 4.19. The number of esters is 1. The summed E-state index contributed by atoms with van der Waals surface area (Å²) in [6.07, 6.45) is 2.77. The van der Waals surface area contributed by atoms with Gasteiger partial charge in [0, 0.05) is 32.3 Å². The molecule has 1 aromatic rings. The van der Waals surface area contributed by atoms with Crippen molar-refractivity contribution in [2.45, 2.75) is 25.7 Å². The molecule has 0 N–H and O–H groups in total. The predicted molar refractivity (Wildman–Crippen MR) is 97.0 cm³/mol. The molecule has 26 heavy (non-hydrogen) atoms. The molecule has 0 aliphatic carbocycles. The number of sulfonamides is 1. The van der Waals surface area contributed by atoms with E-state index in [4.69, 9.17) is 4.74 Å². The van der Waals surface area contributed by atoms with Crippen molar-refractivity contribution in [2.75, 3.05) is 32.8 Å². The van der Waals surface area contributed by atoms with Crippen LogP contribution in [0.15, 0.2) is 35.2 Å². The summed E-state index contributed by atoms with van der Waals surface area (Å²) in [5, 5.41) is 0. The highest BCUT2D eigenvalue weighted by molar-refractivity contribution is 7.89. The molecule has 2 rings (SSSR count). The van der Waals surface area contributed by atoms with Gasteiger partial charge >= 0.3 is 5.97 Å². The second-order valence-corrected chi connectivity index (χ2v) is 8.07. The number of amides is 1. The lowest BCUT2D eigenvalue weighted by molar-refractivity contribution is -0.148. The van der Waals surface area contributed by atoms with E-state index >= 15 is 0 Å². The van der Waals surface area contributed by atoms with Gasteiger partial charge in [0.2, 0.25) is 10.0 Å². The van der Waals surface area contributed by atoms with E-state index in [0.29, 0.717) is 10.5 Å². The fourth-order valence-electron chi connectivity index (χ4n) is 2.71. The van der Waals surface area contributed by atoms with E-state index in [-0.39, 0.29) is 38.7 Å². The summed E-state index contributed by atoms with van der Waals surface area (Å²) in [6.45, 7) is 5.92. The zero-order chi connectivity index (χ0) is 19.3. The number of carbonyl (C=O) groups is 2. The summed E-state index contributed by atoms with van der Waals surface area (Å²) in [5.41, 5.74) is 1.58. The number of piperazine rings is 1. The number of hydrogen-bond acceptors (Lipinski definition) is 5. The Morgan fingerprint density at radius 1 is 1.15 bits per heavy atom. The fourth-order valence-corrected chi connectivity index (χ4v) is 4.44. The zero-order valence-electron chi connectivity index (χ0n) is 15.3. The maximum Gasteiger partial charge on any atom is 0.330 e. The van der Waals surface area contributed by atoms with Crippen molar-refractivity contribution in [2.24, 2.45) is 0 Å². The third-order valence-corrected chi connectivity index (χ3v) is 6.23. The van der Waals surface area contributed by atoms with Crippen LogP contribution in [0.4, 0.5) is 0 Å². The normalized spacial score (nSPS) is 16.0. The molecule has 0 aromatic heterocycles. The Bertz CT molecular complexity index is 809. The van der Waals surface area contributed by atoms with Crippen LogP contribution >= 0.6 is 0 Å². The van der Waals surface area contributed by atoms with Crippen LogP contribution in [0.3, 0.4) is 0 Å². The molecular formula is C18H24N2O5S. The number of allylic oxidation sites excluding steroid dienone is 1. The first kappa shape index (κ1) is 20.1. The maximum absolute atomic E-state index is 12.9. The number of hydrogen-bond donors (Lipinski definition) is 0. The molecule has 1 aliphatic heterocycles. The van der Waals surface area contributed by atoms with Gasteiger partial charge in [-0.05, 0) is 38.0 Å². The van der Waals surface area contributed by atoms with Crippen molar-refractivity contribution < 1.29 is 22.7 Å². The van der Waals surface area contributed by atoms with Crippen molar-refractivity contribution in [3.63, 3.8) is 0 Å². The van der Waals surface area contributed by atoms with Crippen LogP contribution in [0, 0.1) is 13.8 Å². The van der Waals surface area contributed by atoms with E-state index in [1.807, 2.05) is 13.0 Å². The number of nitrogens with zero attached hydrogens (tertiary/aromatic N) is 2. The molecular weight excluding hydrogens is 356 g/mol. The van der Waals surface area contributed by atoms with Crippen LogP contribution in [0.25, 0.3) is 0 Å². The van der Waals surface area contributed by atoms with E-state index < -0.39 is 16.0 Å². The topological polar surface area (TPSA) is 84.0 Å². The van der Waals surface area contributed by atoms with E-state index in [9.17, 15) is 18.0 Å². The fraction of sp³-hybridized carbons (Fsp3) is 0.444. The van der Waals surface area contributed by atoms with Crippen LogP contribution in [-0.2, 0) is 24.3 Å². The standard InChI is InChI=1S/C18H24N2O5S/c1-4-5-18(22)25-13-17(21)19-8-10-20(11-9-19)26(23,24)16-12-14(2)6-7-15(16)3/h4-7,12H,8-11,13H2,1-3H3/b5-4+. The van der Waals surface area contributed by atoms with Gasteiger partial charge in [0.05, 0.1) is 4.90 Å². The monoisotopic (exact) mass is 380 g/mol. The maximum atomic E-state index is 12.9. The molecule has 0 radical (unpaired) electrons. The Morgan fingerprint density at radius 3 is 2.42 bits per heavy atom. The van der Waals surface area contributed by atoms with Gasteiger partial charge in [-0.15, -0.1) is 0 Å². The smallest absolute Gasteiger partial charge is 0.330 e. The highest BCUT2D eigenvalue weighted by Crippen LogP contribution is 2.22. The molecule has 0 bridgehead atoms. The number of ether oxygens (including phenoxy) is 1. The zero-order valence-corrected chi connectivity index (χ0v) is 16.1. The summed E-state index contributed by atoms with van der Waals surface area (Å²) in [7, 11) is -3.60. The SMILES string of the molecule is C/C=C/C(=O)OCC(=O)N1CCN(S(=O)(=O)c2cc(C)ccc2C)CC1. The van der Waals surface area contributed by atoms with Crippen LogP contribution in [0.1, 0.15) is 18.1 Å². The molecule has 1 fully saturated rings. The van der Waals surface area contributed by atoms with Gasteiger partial charge in [-0.1, -0.05) is 18.2 Å². The highest BCUT2D eigenvalue weighted by Gasteiger charge is 2.31. The van der Waals surface area contributed by atoms with Crippen LogP contribution in [0.2, 0.25) is 0 Å². The first-order valence-corrected chi connectivity index (χ1v) is 9.84. The molecule has 0 unspecified atom stereocenters. The second kappa shape index (κ2) is 8.46. The Kier molecular flexibility index (Phi) is 6.55. The van der Waals surface area contributed by atoms with Crippen molar-refractivity contribution in [3.05, 3.63) is 41.5 Å². The van der Waals surface area contributed by atoms with E-state index in [1.54, 1.807) is 26.0 Å². The summed E-state index contributed by atoms with van der Waals surface area (Å²) in [6, 6.07) is 5.34. The molecule has 142 valence electrons. The minimum absolute atomic E-state index is 0.213. The Balaban J connectivity index is 1.98. The Hall–Kier alpha value is -2.19. The van der Waals surface area contributed by atoms with Crippen molar-refractivity contribution in [1.82, 2.24) is 9.21 Å². The number of benzene rings is 1. The van der Waals surface area contributed by atoms with Crippen molar-refractivity contribution in [3.8, 4) is 0 Å². The third kappa shape index (κ3) is 4.70. The molecule has 8 heteroatoms. The van der Waals surface area contributed by atoms with E-state index in [1.165, 1.54) is 21.4 Å².